The van der Waals surface area contributed by atoms with E-state index in [0.29, 0.717) is 6.61 Å². The normalized spacial score (nSPS) is 26.1. The highest BCUT2D eigenvalue weighted by molar-refractivity contribution is 5.60. The summed E-state index contributed by atoms with van der Waals surface area (Å²) in [6.45, 7) is 0.518. The molecule has 0 spiro atoms. The van der Waals surface area contributed by atoms with Gasteiger partial charge in [-0.05, 0) is 12.3 Å². The van der Waals surface area contributed by atoms with Crippen LogP contribution in [-0.4, -0.2) is 25.7 Å². The molecule has 1 aliphatic carbocycles. The van der Waals surface area contributed by atoms with E-state index in [2.05, 4.69) is 4.74 Å². The van der Waals surface area contributed by atoms with E-state index in [0.717, 1.165) is 18.8 Å². The van der Waals surface area contributed by atoms with E-state index >= 15 is 0 Å². The van der Waals surface area contributed by atoms with Gasteiger partial charge in [-0.2, -0.15) is 0 Å². The molecule has 0 aromatic carbocycles. The zero-order chi connectivity index (χ0) is 15.0. The van der Waals surface area contributed by atoms with Gasteiger partial charge in [0.25, 0.3) is 0 Å². The molecule has 2 fully saturated rings. The van der Waals surface area contributed by atoms with Crippen molar-refractivity contribution in [3.8, 4) is 0 Å². The van der Waals surface area contributed by atoms with Gasteiger partial charge in [0.05, 0.1) is 7.11 Å². The Bertz CT molecular complexity index is 304. The lowest BCUT2D eigenvalue weighted by Gasteiger charge is -2.14. The highest BCUT2D eigenvalue weighted by atomic mass is 16.8. The number of ether oxygens (including phenoxy) is 3. The minimum absolute atomic E-state index is 0.518. The molecule has 1 unspecified atom stereocenters. The van der Waals surface area contributed by atoms with Crippen LogP contribution >= 0.6 is 0 Å². The lowest BCUT2D eigenvalue weighted by molar-refractivity contribution is -0.0324. The van der Waals surface area contributed by atoms with Gasteiger partial charge in [-0.15, -0.1) is 0 Å². The summed E-state index contributed by atoms with van der Waals surface area (Å²) in [6, 6.07) is 0. The first-order chi connectivity index (χ1) is 10.2. The van der Waals surface area contributed by atoms with E-state index in [9.17, 15) is 4.79 Å². The fraction of sp³-hybridized carbons (Fsp3) is 0.941. The van der Waals surface area contributed by atoms with Crippen molar-refractivity contribution in [1.29, 1.82) is 0 Å². The average molecular weight is 298 g/mol. The van der Waals surface area contributed by atoms with Crippen molar-refractivity contribution in [1.82, 2.24) is 0 Å². The van der Waals surface area contributed by atoms with Gasteiger partial charge in [0.2, 0.25) is 5.79 Å². The third-order valence-electron chi connectivity index (χ3n) is 4.80. The summed E-state index contributed by atoms with van der Waals surface area (Å²) < 4.78 is 14.9. The maximum atomic E-state index is 11.1. The lowest BCUT2D eigenvalue weighted by Crippen LogP contribution is -2.21. The van der Waals surface area contributed by atoms with Crippen LogP contribution in [0.5, 0.6) is 0 Å². The number of hydrogen-bond donors (Lipinski definition) is 0. The Hall–Kier alpha value is -0.770. The summed E-state index contributed by atoms with van der Waals surface area (Å²) in [6.07, 6.45) is 15.1. The fourth-order valence-electron chi connectivity index (χ4n) is 3.36. The summed E-state index contributed by atoms with van der Waals surface area (Å²) in [7, 11) is 1.33. The van der Waals surface area contributed by atoms with Crippen LogP contribution in [0.25, 0.3) is 0 Å². The van der Waals surface area contributed by atoms with Gasteiger partial charge in [-0.1, -0.05) is 64.2 Å². The predicted molar refractivity (Wildman–Crippen MR) is 81.1 cm³/mol. The molecule has 2 rings (SSSR count). The van der Waals surface area contributed by atoms with E-state index < -0.39 is 11.9 Å². The first-order valence-corrected chi connectivity index (χ1v) is 8.65. The second-order valence-electron chi connectivity index (χ2n) is 6.57. The van der Waals surface area contributed by atoms with Crippen molar-refractivity contribution < 1.29 is 19.0 Å². The van der Waals surface area contributed by atoms with Crippen LogP contribution in [0.4, 0.5) is 4.79 Å². The summed E-state index contributed by atoms with van der Waals surface area (Å²) in [5.74, 6) is 0.322. The van der Waals surface area contributed by atoms with Gasteiger partial charge < -0.3 is 14.2 Å². The summed E-state index contributed by atoms with van der Waals surface area (Å²) in [5, 5.41) is 0. The average Bonchev–Trinajstić information content (AvgIpc) is 3.27. The predicted octanol–water partition coefficient (Wildman–Crippen LogP) is 4.81. The smallest absolute Gasteiger partial charge is 0.438 e. The maximum Gasteiger partial charge on any atom is 0.510 e. The summed E-state index contributed by atoms with van der Waals surface area (Å²) in [5.41, 5.74) is 0. The van der Waals surface area contributed by atoms with Gasteiger partial charge in [-0.3, -0.25) is 0 Å². The Morgan fingerprint density at radius 2 is 1.76 bits per heavy atom. The Labute approximate surface area is 128 Å². The zero-order valence-electron chi connectivity index (χ0n) is 13.4. The first kappa shape index (κ1) is 16.6. The summed E-state index contributed by atoms with van der Waals surface area (Å²) in [4.78, 5) is 11.1. The lowest BCUT2D eigenvalue weighted by atomic mass is 9.93. The number of epoxide rings is 1. The van der Waals surface area contributed by atoms with Crippen molar-refractivity contribution in [2.45, 2.75) is 82.8 Å². The molecular formula is C17H30O4. The van der Waals surface area contributed by atoms with Crippen molar-refractivity contribution >= 4 is 6.16 Å². The maximum absolute atomic E-state index is 11.1. The Balaban J connectivity index is 1.47. The molecule has 122 valence electrons. The molecule has 1 heterocycles. The SMILES string of the molecule is COC(=O)OC1(CCCCCCC2CCCCCC2)CO1. The topological polar surface area (TPSA) is 48.1 Å². The molecule has 2 aliphatic rings. The number of unbranched alkanes of at least 4 members (excludes halogenated alkanes) is 3. The monoisotopic (exact) mass is 298 g/mol. The quantitative estimate of drug-likeness (QED) is 0.279. The molecule has 1 saturated carbocycles. The van der Waals surface area contributed by atoms with Crippen molar-refractivity contribution in [2.75, 3.05) is 13.7 Å². The molecule has 4 nitrogen and oxygen atoms in total. The highest BCUT2D eigenvalue weighted by Crippen LogP contribution is 2.35. The van der Waals surface area contributed by atoms with Crippen molar-refractivity contribution in [3.05, 3.63) is 0 Å². The van der Waals surface area contributed by atoms with E-state index in [1.807, 2.05) is 0 Å². The van der Waals surface area contributed by atoms with Crippen LogP contribution in [-0.2, 0) is 14.2 Å². The van der Waals surface area contributed by atoms with E-state index in [4.69, 9.17) is 9.47 Å². The molecular weight excluding hydrogens is 268 g/mol. The van der Waals surface area contributed by atoms with Gasteiger partial charge in [0.1, 0.15) is 6.61 Å². The zero-order valence-corrected chi connectivity index (χ0v) is 13.4. The minimum Gasteiger partial charge on any atom is -0.438 e. The van der Waals surface area contributed by atoms with Crippen LogP contribution in [0.3, 0.4) is 0 Å². The molecule has 0 aromatic heterocycles. The molecule has 0 bridgehead atoms. The highest BCUT2D eigenvalue weighted by Gasteiger charge is 2.49. The number of rotatable bonds is 8. The first-order valence-electron chi connectivity index (χ1n) is 8.65. The Morgan fingerprint density at radius 3 is 2.38 bits per heavy atom. The van der Waals surface area contributed by atoms with Gasteiger partial charge in [-0.25, -0.2) is 4.79 Å². The van der Waals surface area contributed by atoms with Crippen LogP contribution in [0.1, 0.15) is 77.0 Å². The summed E-state index contributed by atoms with van der Waals surface area (Å²) >= 11 is 0. The van der Waals surface area contributed by atoms with Gasteiger partial charge in [0.15, 0.2) is 0 Å². The second kappa shape index (κ2) is 8.62. The standard InChI is InChI=1S/C17H30O4/c1-19-16(18)21-17(14-20-17)13-9-5-4-8-12-15-10-6-2-3-7-11-15/h15H,2-14H2,1H3. The van der Waals surface area contributed by atoms with E-state index in [1.54, 1.807) is 0 Å². The van der Waals surface area contributed by atoms with Gasteiger partial charge in [0, 0.05) is 6.42 Å². The molecule has 0 radical (unpaired) electrons. The van der Waals surface area contributed by atoms with E-state index in [-0.39, 0.29) is 0 Å². The molecule has 0 N–H and O–H groups in total. The fourth-order valence-corrected chi connectivity index (χ4v) is 3.36. The van der Waals surface area contributed by atoms with E-state index in [1.165, 1.54) is 71.3 Å². The number of carbonyl (C=O) groups is 1. The molecule has 21 heavy (non-hydrogen) atoms. The largest absolute Gasteiger partial charge is 0.510 e. The minimum atomic E-state index is -0.658. The molecule has 4 heteroatoms. The Kier molecular flexibility index (Phi) is 6.81. The number of carbonyl (C=O) groups excluding carboxylic acids is 1. The van der Waals surface area contributed by atoms with Crippen LogP contribution < -0.4 is 0 Å². The van der Waals surface area contributed by atoms with Crippen LogP contribution in [0.2, 0.25) is 0 Å². The molecule has 0 amide bonds. The molecule has 1 saturated heterocycles. The molecule has 1 atom stereocenters. The molecule has 1 aliphatic heterocycles. The Morgan fingerprint density at radius 1 is 1.10 bits per heavy atom. The number of methoxy groups -OCH3 is 1. The van der Waals surface area contributed by atoms with Crippen LogP contribution in [0, 0.1) is 5.92 Å². The number of hydrogen-bond acceptors (Lipinski definition) is 4. The van der Waals surface area contributed by atoms with Crippen molar-refractivity contribution in [3.63, 3.8) is 0 Å². The van der Waals surface area contributed by atoms with Crippen LogP contribution in [0.15, 0.2) is 0 Å². The van der Waals surface area contributed by atoms with Crippen molar-refractivity contribution in [2.24, 2.45) is 5.92 Å². The second-order valence-corrected chi connectivity index (χ2v) is 6.57. The molecule has 0 aromatic rings. The third kappa shape index (κ3) is 6.25. The third-order valence-corrected chi connectivity index (χ3v) is 4.80. The van der Waals surface area contributed by atoms with Gasteiger partial charge >= 0.3 is 6.16 Å².